The van der Waals surface area contributed by atoms with Crippen molar-refractivity contribution in [2.24, 2.45) is 0 Å². The van der Waals surface area contributed by atoms with E-state index >= 15 is 0 Å². The molecule has 22 heavy (non-hydrogen) atoms. The standard InChI is InChI=1S/C18H15N3O/c1-22-15-9-6-13(7-10-15)12-21-18-16-5-3-2-4-14(16)8-11-17(18)19-20-21/h2-11H,12H2,1H3. The molecule has 3 aromatic carbocycles. The molecule has 0 radical (unpaired) electrons. The van der Waals surface area contributed by atoms with Gasteiger partial charge in [0.15, 0.2) is 0 Å². The quantitative estimate of drug-likeness (QED) is 0.578. The van der Waals surface area contributed by atoms with Gasteiger partial charge >= 0.3 is 0 Å². The lowest BCUT2D eigenvalue weighted by atomic mass is 10.1. The summed E-state index contributed by atoms with van der Waals surface area (Å²) in [5.74, 6) is 0.859. The Morgan fingerprint density at radius 3 is 2.59 bits per heavy atom. The van der Waals surface area contributed by atoms with Crippen LogP contribution in [0.3, 0.4) is 0 Å². The van der Waals surface area contributed by atoms with Crippen molar-refractivity contribution in [3.05, 3.63) is 66.2 Å². The number of nitrogens with zero attached hydrogens (tertiary/aromatic N) is 3. The molecule has 1 heterocycles. The van der Waals surface area contributed by atoms with E-state index in [2.05, 4.69) is 40.6 Å². The van der Waals surface area contributed by atoms with E-state index < -0.39 is 0 Å². The summed E-state index contributed by atoms with van der Waals surface area (Å²) in [6.45, 7) is 0.689. The van der Waals surface area contributed by atoms with Gasteiger partial charge in [0, 0.05) is 5.39 Å². The van der Waals surface area contributed by atoms with Crippen LogP contribution >= 0.6 is 0 Å². The molecule has 4 heteroatoms. The molecule has 0 bridgehead atoms. The molecule has 4 nitrogen and oxygen atoms in total. The fraction of sp³-hybridized carbons (Fsp3) is 0.111. The predicted octanol–water partition coefficient (Wildman–Crippen LogP) is 3.64. The second-order valence-electron chi connectivity index (χ2n) is 5.25. The molecule has 0 saturated heterocycles. The van der Waals surface area contributed by atoms with Crippen LogP contribution in [0.25, 0.3) is 21.8 Å². The molecule has 4 rings (SSSR count). The Balaban J connectivity index is 1.82. The van der Waals surface area contributed by atoms with Gasteiger partial charge in [-0.05, 0) is 29.1 Å². The maximum atomic E-state index is 5.20. The average molecular weight is 289 g/mol. The van der Waals surface area contributed by atoms with Crippen LogP contribution in [0.15, 0.2) is 60.7 Å². The second-order valence-corrected chi connectivity index (χ2v) is 5.25. The highest BCUT2D eigenvalue weighted by Crippen LogP contribution is 2.24. The molecule has 4 aromatic rings. The van der Waals surface area contributed by atoms with Gasteiger partial charge in [0.2, 0.25) is 0 Å². The molecular weight excluding hydrogens is 274 g/mol. The summed E-state index contributed by atoms with van der Waals surface area (Å²) in [5, 5.41) is 11.0. The van der Waals surface area contributed by atoms with Crippen molar-refractivity contribution in [2.45, 2.75) is 6.54 Å². The van der Waals surface area contributed by atoms with Crippen LogP contribution in [0.2, 0.25) is 0 Å². The summed E-state index contributed by atoms with van der Waals surface area (Å²) in [4.78, 5) is 0. The van der Waals surface area contributed by atoms with Crippen LogP contribution in [0.5, 0.6) is 5.75 Å². The van der Waals surface area contributed by atoms with E-state index in [0.717, 1.165) is 16.8 Å². The van der Waals surface area contributed by atoms with Gasteiger partial charge in [-0.3, -0.25) is 0 Å². The minimum absolute atomic E-state index is 0.689. The smallest absolute Gasteiger partial charge is 0.118 e. The molecule has 108 valence electrons. The zero-order chi connectivity index (χ0) is 14.9. The molecule has 0 atom stereocenters. The fourth-order valence-electron chi connectivity index (χ4n) is 2.76. The lowest BCUT2D eigenvalue weighted by Crippen LogP contribution is -2.02. The maximum Gasteiger partial charge on any atom is 0.118 e. The number of hydrogen-bond donors (Lipinski definition) is 0. The fourth-order valence-corrected chi connectivity index (χ4v) is 2.76. The van der Waals surface area contributed by atoms with Crippen LogP contribution in [-0.4, -0.2) is 22.1 Å². The summed E-state index contributed by atoms with van der Waals surface area (Å²) in [5.41, 5.74) is 3.17. The van der Waals surface area contributed by atoms with Gasteiger partial charge in [-0.2, -0.15) is 0 Å². The second kappa shape index (κ2) is 5.15. The van der Waals surface area contributed by atoms with E-state index in [1.165, 1.54) is 16.3 Å². The van der Waals surface area contributed by atoms with Gasteiger partial charge in [-0.1, -0.05) is 47.7 Å². The molecule has 0 aliphatic rings. The number of aromatic nitrogens is 3. The maximum absolute atomic E-state index is 5.20. The van der Waals surface area contributed by atoms with Gasteiger partial charge in [0.1, 0.15) is 11.3 Å². The number of fused-ring (bicyclic) bond motifs is 3. The zero-order valence-corrected chi connectivity index (χ0v) is 12.2. The highest BCUT2D eigenvalue weighted by atomic mass is 16.5. The van der Waals surface area contributed by atoms with Crippen LogP contribution in [-0.2, 0) is 6.54 Å². The first-order valence-corrected chi connectivity index (χ1v) is 7.19. The Labute approximate surface area is 127 Å². The molecule has 0 fully saturated rings. The van der Waals surface area contributed by atoms with E-state index in [-0.39, 0.29) is 0 Å². The van der Waals surface area contributed by atoms with Crippen molar-refractivity contribution in [1.82, 2.24) is 15.0 Å². The van der Waals surface area contributed by atoms with E-state index in [9.17, 15) is 0 Å². The molecule has 1 aromatic heterocycles. The molecule has 0 spiro atoms. The van der Waals surface area contributed by atoms with Crippen LogP contribution in [0.4, 0.5) is 0 Å². The van der Waals surface area contributed by atoms with E-state index in [1.807, 2.05) is 35.0 Å². The third-order valence-electron chi connectivity index (χ3n) is 3.89. The molecule has 0 unspecified atom stereocenters. The Morgan fingerprint density at radius 2 is 1.77 bits per heavy atom. The van der Waals surface area contributed by atoms with Gasteiger partial charge in [-0.15, -0.1) is 5.10 Å². The van der Waals surface area contributed by atoms with Gasteiger partial charge in [-0.25, -0.2) is 4.68 Å². The first-order valence-electron chi connectivity index (χ1n) is 7.19. The van der Waals surface area contributed by atoms with Gasteiger partial charge in [0.25, 0.3) is 0 Å². The molecule has 0 N–H and O–H groups in total. The summed E-state index contributed by atoms with van der Waals surface area (Å²) >= 11 is 0. The first-order chi connectivity index (χ1) is 10.8. The number of methoxy groups -OCH3 is 1. The van der Waals surface area contributed by atoms with Crippen molar-refractivity contribution in [1.29, 1.82) is 0 Å². The Morgan fingerprint density at radius 1 is 0.955 bits per heavy atom. The molecule has 0 amide bonds. The Kier molecular flexibility index (Phi) is 3.00. The van der Waals surface area contributed by atoms with Gasteiger partial charge < -0.3 is 4.74 Å². The van der Waals surface area contributed by atoms with Crippen LogP contribution < -0.4 is 4.74 Å². The topological polar surface area (TPSA) is 39.9 Å². The summed E-state index contributed by atoms with van der Waals surface area (Å²) in [6.07, 6.45) is 0. The third-order valence-corrected chi connectivity index (χ3v) is 3.89. The minimum Gasteiger partial charge on any atom is -0.497 e. The highest BCUT2D eigenvalue weighted by molar-refractivity contribution is 6.03. The minimum atomic E-state index is 0.689. The first kappa shape index (κ1) is 12.8. The van der Waals surface area contributed by atoms with Crippen molar-refractivity contribution >= 4 is 21.8 Å². The van der Waals surface area contributed by atoms with Crippen molar-refractivity contribution in [3.8, 4) is 5.75 Å². The normalized spacial score (nSPS) is 11.1. The lowest BCUT2D eigenvalue weighted by molar-refractivity contribution is 0.414. The average Bonchev–Trinajstić information content (AvgIpc) is 2.99. The molecule has 0 aliphatic carbocycles. The SMILES string of the molecule is COc1ccc(Cn2nnc3ccc4ccccc4c32)cc1. The number of hydrogen-bond acceptors (Lipinski definition) is 3. The third kappa shape index (κ3) is 2.09. The largest absolute Gasteiger partial charge is 0.497 e. The van der Waals surface area contributed by atoms with E-state index in [4.69, 9.17) is 4.74 Å². The molecular formula is C18H15N3O. The Hall–Kier alpha value is -2.88. The van der Waals surface area contributed by atoms with Crippen molar-refractivity contribution in [2.75, 3.05) is 7.11 Å². The lowest BCUT2D eigenvalue weighted by Gasteiger charge is -2.06. The summed E-state index contributed by atoms with van der Waals surface area (Å²) in [7, 11) is 1.67. The van der Waals surface area contributed by atoms with Crippen LogP contribution in [0.1, 0.15) is 5.56 Å². The van der Waals surface area contributed by atoms with E-state index in [1.54, 1.807) is 7.11 Å². The van der Waals surface area contributed by atoms with Crippen LogP contribution in [0, 0.1) is 0 Å². The van der Waals surface area contributed by atoms with Crippen molar-refractivity contribution in [3.63, 3.8) is 0 Å². The summed E-state index contributed by atoms with van der Waals surface area (Å²) in [6, 6.07) is 20.5. The number of rotatable bonds is 3. The van der Waals surface area contributed by atoms with Crippen molar-refractivity contribution < 1.29 is 4.74 Å². The number of benzene rings is 3. The van der Waals surface area contributed by atoms with E-state index in [0.29, 0.717) is 6.54 Å². The van der Waals surface area contributed by atoms with Gasteiger partial charge in [0.05, 0.1) is 19.2 Å². The number of ether oxygens (including phenoxy) is 1. The monoisotopic (exact) mass is 289 g/mol. The summed E-state index contributed by atoms with van der Waals surface area (Å²) < 4.78 is 7.16. The zero-order valence-electron chi connectivity index (χ0n) is 12.2. The molecule has 0 aliphatic heterocycles. The molecule has 0 saturated carbocycles. The highest BCUT2D eigenvalue weighted by Gasteiger charge is 2.09. The Bertz CT molecular complexity index is 942. The predicted molar refractivity (Wildman–Crippen MR) is 87.1 cm³/mol.